The summed E-state index contributed by atoms with van der Waals surface area (Å²) in [4.78, 5) is 14.7. The van der Waals surface area contributed by atoms with E-state index in [0.29, 0.717) is 21.4 Å². The van der Waals surface area contributed by atoms with Crippen molar-refractivity contribution in [2.24, 2.45) is 5.10 Å². The Hall–Kier alpha value is -2.50. The zero-order valence-corrected chi connectivity index (χ0v) is 19.9. The van der Waals surface area contributed by atoms with Crippen LogP contribution in [0.2, 0.25) is 10.0 Å². The number of methoxy groups -OCH3 is 1. The molecule has 0 radical (unpaired) electrons. The Morgan fingerprint density at radius 1 is 1.23 bits per heavy atom. The highest BCUT2D eigenvalue weighted by molar-refractivity contribution is 6.42. The van der Waals surface area contributed by atoms with Crippen molar-refractivity contribution in [1.82, 2.24) is 5.43 Å². The minimum absolute atomic E-state index is 0.0818. The lowest BCUT2D eigenvalue weighted by molar-refractivity contribution is 0.0955. The minimum atomic E-state index is -0.376. The van der Waals surface area contributed by atoms with E-state index in [9.17, 15) is 4.79 Å². The van der Waals surface area contributed by atoms with E-state index in [1.165, 1.54) is 11.6 Å². The second-order valence-electron chi connectivity index (χ2n) is 8.07. The highest BCUT2D eigenvalue weighted by Gasteiger charge is 2.31. The van der Waals surface area contributed by atoms with Gasteiger partial charge in [-0.3, -0.25) is 4.79 Å². The number of allylic oxidation sites excluding steroid dienone is 1. The molecule has 164 valence electrons. The van der Waals surface area contributed by atoms with Gasteiger partial charge in [-0.2, -0.15) is 5.10 Å². The zero-order valence-electron chi connectivity index (χ0n) is 18.4. The maximum absolute atomic E-state index is 12.4. The summed E-state index contributed by atoms with van der Waals surface area (Å²) in [5, 5.41) is 4.83. The van der Waals surface area contributed by atoms with E-state index in [0.717, 1.165) is 29.8 Å². The standard InChI is InChI=1S/C24H27Cl2N3O2/c1-6-9-29-21-12-22(31-5)17(10-18(21)15(2)13-24(29,3)4)14-27-28-23(30)16-7-8-19(25)20(26)11-16/h7-8,10-14H,6,9H2,1-5H3,(H,28,30)/b27-14-. The normalized spacial score (nSPS) is 14.9. The molecule has 1 aliphatic heterocycles. The molecule has 3 rings (SSSR count). The number of fused-ring (bicyclic) bond motifs is 1. The van der Waals surface area contributed by atoms with Crippen LogP contribution in [0.1, 0.15) is 55.6 Å². The summed E-state index contributed by atoms with van der Waals surface area (Å²) < 4.78 is 5.63. The molecule has 0 aliphatic carbocycles. The molecule has 5 nitrogen and oxygen atoms in total. The molecule has 0 spiro atoms. The Morgan fingerprint density at radius 3 is 2.61 bits per heavy atom. The molecule has 1 aliphatic rings. The second kappa shape index (κ2) is 9.33. The highest BCUT2D eigenvalue weighted by Crippen LogP contribution is 2.41. The number of hydrogen-bond acceptors (Lipinski definition) is 4. The fourth-order valence-corrected chi connectivity index (χ4v) is 4.19. The van der Waals surface area contributed by atoms with Crippen molar-refractivity contribution < 1.29 is 9.53 Å². The van der Waals surface area contributed by atoms with Gasteiger partial charge in [0.15, 0.2) is 0 Å². The third-order valence-corrected chi connectivity index (χ3v) is 6.07. The summed E-state index contributed by atoms with van der Waals surface area (Å²) in [5.41, 5.74) is 7.07. The third-order valence-electron chi connectivity index (χ3n) is 5.33. The van der Waals surface area contributed by atoms with Gasteiger partial charge in [-0.1, -0.05) is 36.2 Å². The predicted octanol–water partition coefficient (Wildman–Crippen LogP) is 6.18. The van der Waals surface area contributed by atoms with E-state index in [4.69, 9.17) is 27.9 Å². The highest BCUT2D eigenvalue weighted by atomic mass is 35.5. The van der Waals surface area contributed by atoms with E-state index >= 15 is 0 Å². The summed E-state index contributed by atoms with van der Waals surface area (Å²) in [5.74, 6) is 0.316. The second-order valence-corrected chi connectivity index (χ2v) is 8.89. The van der Waals surface area contributed by atoms with Crippen LogP contribution in [0.5, 0.6) is 5.75 Å². The van der Waals surface area contributed by atoms with Crippen LogP contribution in [-0.2, 0) is 0 Å². The topological polar surface area (TPSA) is 53.9 Å². The van der Waals surface area contributed by atoms with Crippen molar-refractivity contribution in [3.8, 4) is 5.75 Å². The lowest BCUT2D eigenvalue weighted by atomic mass is 9.87. The zero-order chi connectivity index (χ0) is 22.8. The van der Waals surface area contributed by atoms with Crippen molar-refractivity contribution in [2.75, 3.05) is 18.6 Å². The molecule has 0 aromatic heterocycles. The van der Waals surface area contributed by atoms with E-state index < -0.39 is 0 Å². The van der Waals surface area contributed by atoms with E-state index in [-0.39, 0.29) is 11.4 Å². The van der Waals surface area contributed by atoms with Gasteiger partial charge in [0.1, 0.15) is 5.75 Å². The molecule has 1 N–H and O–H groups in total. The van der Waals surface area contributed by atoms with Crippen LogP contribution in [0.3, 0.4) is 0 Å². The molecular formula is C24H27Cl2N3O2. The first-order valence-corrected chi connectivity index (χ1v) is 10.9. The van der Waals surface area contributed by atoms with Crippen molar-refractivity contribution >= 4 is 46.6 Å². The quantitative estimate of drug-likeness (QED) is 0.414. The number of hydrazone groups is 1. The molecule has 0 atom stereocenters. The maximum atomic E-state index is 12.4. The summed E-state index contributed by atoms with van der Waals surface area (Å²) >= 11 is 11.9. The Morgan fingerprint density at radius 2 is 1.97 bits per heavy atom. The van der Waals surface area contributed by atoms with E-state index in [1.807, 2.05) is 12.1 Å². The monoisotopic (exact) mass is 459 g/mol. The molecule has 1 heterocycles. The van der Waals surface area contributed by atoms with Gasteiger partial charge < -0.3 is 9.64 Å². The van der Waals surface area contributed by atoms with Gasteiger partial charge in [-0.05, 0) is 57.0 Å². The number of halogens is 2. The molecule has 31 heavy (non-hydrogen) atoms. The lowest BCUT2D eigenvalue weighted by Crippen LogP contribution is -2.45. The third kappa shape index (κ3) is 4.89. The molecule has 1 amide bonds. The molecular weight excluding hydrogens is 433 g/mol. The molecule has 0 fully saturated rings. The molecule has 0 saturated carbocycles. The number of benzene rings is 2. The summed E-state index contributed by atoms with van der Waals surface area (Å²) in [6.07, 6.45) is 4.91. The molecule has 0 bridgehead atoms. The predicted molar refractivity (Wildman–Crippen MR) is 130 cm³/mol. The van der Waals surface area contributed by atoms with Gasteiger partial charge in [-0.15, -0.1) is 0 Å². The fraction of sp³-hybridized carbons (Fsp3) is 0.333. The van der Waals surface area contributed by atoms with Crippen LogP contribution >= 0.6 is 23.2 Å². The van der Waals surface area contributed by atoms with Crippen LogP contribution in [-0.4, -0.2) is 31.3 Å². The first kappa shape index (κ1) is 23.2. The number of hydrogen-bond donors (Lipinski definition) is 1. The minimum Gasteiger partial charge on any atom is -0.496 e. The molecule has 2 aromatic rings. The van der Waals surface area contributed by atoms with Gasteiger partial charge >= 0.3 is 0 Å². The number of carbonyl (C=O) groups is 1. The number of nitrogens with one attached hydrogen (secondary N) is 1. The van der Waals surface area contributed by atoms with E-state index in [1.54, 1.807) is 25.5 Å². The Balaban J connectivity index is 1.89. The van der Waals surface area contributed by atoms with Crippen LogP contribution in [0.25, 0.3) is 5.57 Å². The average molecular weight is 460 g/mol. The van der Waals surface area contributed by atoms with Crippen molar-refractivity contribution in [3.63, 3.8) is 0 Å². The Labute approximate surface area is 193 Å². The lowest BCUT2D eigenvalue weighted by Gasteiger charge is -2.43. The summed E-state index contributed by atoms with van der Waals surface area (Å²) in [6.45, 7) is 9.67. The fourth-order valence-electron chi connectivity index (χ4n) is 3.89. The number of ether oxygens (including phenoxy) is 1. The number of nitrogens with zero attached hydrogens (tertiary/aromatic N) is 2. The average Bonchev–Trinajstić information content (AvgIpc) is 2.72. The Kier molecular flexibility index (Phi) is 6.97. The maximum Gasteiger partial charge on any atom is 0.271 e. The number of rotatable bonds is 6. The van der Waals surface area contributed by atoms with Crippen molar-refractivity contribution in [1.29, 1.82) is 0 Å². The van der Waals surface area contributed by atoms with Crippen LogP contribution in [0, 0.1) is 0 Å². The number of amides is 1. The molecule has 7 heteroatoms. The number of carbonyl (C=O) groups excluding carboxylic acids is 1. The van der Waals surface area contributed by atoms with Gasteiger partial charge in [0.05, 0.1) is 28.9 Å². The van der Waals surface area contributed by atoms with E-state index in [2.05, 4.69) is 49.2 Å². The summed E-state index contributed by atoms with van der Waals surface area (Å²) in [7, 11) is 1.63. The smallest absolute Gasteiger partial charge is 0.271 e. The largest absolute Gasteiger partial charge is 0.496 e. The van der Waals surface area contributed by atoms with Crippen molar-refractivity contribution in [3.05, 3.63) is 63.1 Å². The van der Waals surface area contributed by atoms with Crippen molar-refractivity contribution in [2.45, 2.75) is 39.7 Å². The van der Waals surface area contributed by atoms with Gasteiger partial charge in [0.2, 0.25) is 0 Å². The van der Waals surface area contributed by atoms with Crippen LogP contribution in [0.15, 0.2) is 41.5 Å². The van der Waals surface area contributed by atoms with Crippen LogP contribution < -0.4 is 15.1 Å². The SMILES string of the molecule is CCCN1c2cc(OC)c(/C=N\NC(=O)c3ccc(Cl)c(Cl)c3)cc2C(C)=CC1(C)C. The first-order chi connectivity index (χ1) is 14.7. The Bertz CT molecular complexity index is 1060. The molecule has 2 aromatic carbocycles. The first-order valence-electron chi connectivity index (χ1n) is 10.2. The number of anilines is 1. The molecule has 0 saturated heterocycles. The molecule has 0 unspecified atom stereocenters. The van der Waals surface area contributed by atoms with Gasteiger partial charge in [0, 0.05) is 35.0 Å². The van der Waals surface area contributed by atoms with Crippen LogP contribution in [0.4, 0.5) is 5.69 Å². The van der Waals surface area contributed by atoms with Gasteiger partial charge in [0.25, 0.3) is 5.91 Å². The summed E-state index contributed by atoms with van der Waals surface area (Å²) in [6, 6.07) is 8.77. The van der Waals surface area contributed by atoms with Gasteiger partial charge in [-0.25, -0.2) is 5.43 Å².